The quantitative estimate of drug-likeness (QED) is 0.415. The number of benzene rings is 2. The van der Waals surface area contributed by atoms with Gasteiger partial charge in [0.15, 0.2) is 16.6 Å². The summed E-state index contributed by atoms with van der Waals surface area (Å²) in [6, 6.07) is 16.0. The second-order valence-electron chi connectivity index (χ2n) is 6.53. The standard InChI is InChI=1S/C21H18ClN5O3S/c1-30-15-8-6-13(7-9-15)20-24-17-10-18(28)26-27(17)21(25-20)31-12-19(29)23-11-14-4-2-3-5-16(14)22/h2-10H,11-12H2,1H3,(H,23,29)(H,26,28). The molecule has 1 amide bonds. The number of carbonyl (C=O) groups excluding carboxylic acids is 1. The van der Waals surface area contributed by atoms with Gasteiger partial charge in [-0.1, -0.05) is 41.6 Å². The molecule has 2 N–H and O–H groups in total. The number of carbonyl (C=O) groups is 1. The molecular weight excluding hydrogens is 438 g/mol. The van der Waals surface area contributed by atoms with Gasteiger partial charge in [0.05, 0.1) is 12.9 Å². The largest absolute Gasteiger partial charge is 0.497 e. The number of aromatic amines is 1. The van der Waals surface area contributed by atoms with E-state index < -0.39 is 0 Å². The third-order valence-electron chi connectivity index (χ3n) is 4.44. The smallest absolute Gasteiger partial charge is 0.266 e. The molecule has 2 heterocycles. The third-order valence-corrected chi connectivity index (χ3v) is 5.75. The number of thioether (sulfide) groups is 1. The number of fused-ring (bicyclic) bond motifs is 1. The van der Waals surface area contributed by atoms with Crippen LogP contribution in [0.2, 0.25) is 5.02 Å². The lowest BCUT2D eigenvalue weighted by Crippen LogP contribution is -2.25. The van der Waals surface area contributed by atoms with Gasteiger partial charge < -0.3 is 10.1 Å². The molecule has 0 spiro atoms. The molecule has 0 aliphatic heterocycles. The minimum Gasteiger partial charge on any atom is -0.497 e. The Morgan fingerprint density at radius 2 is 1.97 bits per heavy atom. The summed E-state index contributed by atoms with van der Waals surface area (Å²) in [6.45, 7) is 0.329. The fraction of sp³-hybridized carbons (Fsp3) is 0.143. The average Bonchev–Trinajstić information content (AvgIpc) is 3.17. The molecule has 0 aliphatic rings. The second-order valence-corrected chi connectivity index (χ2v) is 7.88. The molecule has 4 aromatic rings. The van der Waals surface area contributed by atoms with Crippen LogP contribution in [0.5, 0.6) is 5.75 Å². The molecule has 2 aromatic carbocycles. The van der Waals surface area contributed by atoms with Gasteiger partial charge in [-0.05, 0) is 35.9 Å². The lowest BCUT2D eigenvalue weighted by molar-refractivity contribution is -0.118. The van der Waals surface area contributed by atoms with Gasteiger partial charge in [0.1, 0.15) is 5.75 Å². The molecule has 0 saturated heterocycles. The highest BCUT2D eigenvalue weighted by Crippen LogP contribution is 2.23. The second kappa shape index (κ2) is 9.23. The molecule has 4 rings (SSSR count). The number of H-pyrrole nitrogens is 1. The first-order valence-corrected chi connectivity index (χ1v) is 10.7. The van der Waals surface area contributed by atoms with E-state index in [0.29, 0.717) is 33.9 Å². The number of ether oxygens (including phenoxy) is 1. The monoisotopic (exact) mass is 455 g/mol. The number of nitrogens with one attached hydrogen (secondary N) is 2. The molecule has 0 bridgehead atoms. The summed E-state index contributed by atoms with van der Waals surface area (Å²) in [5, 5.41) is 6.55. The van der Waals surface area contributed by atoms with Crippen LogP contribution < -0.4 is 15.6 Å². The number of nitrogens with zero attached hydrogens (tertiary/aromatic N) is 3. The lowest BCUT2D eigenvalue weighted by Gasteiger charge is -2.09. The van der Waals surface area contributed by atoms with Gasteiger partial charge >= 0.3 is 0 Å². The molecule has 2 aromatic heterocycles. The maximum Gasteiger partial charge on any atom is 0.266 e. The zero-order chi connectivity index (χ0) is 21.8. The minimum absolute atomic E-state index is 0.110. The molecule has 158 valence electrons. The average molecular weight is 456 g/mol. The van der Waals surface area contributed by atoms with Crippen LogP contribution in [0, 0.1) is 0 Å². The molecule has 0 atom stereocenters. The number of hydrogen-bond donors (Lipinski definition) is 2. The van der Waals surface area contributed by atoms with Crippen molar-refractivity contribution in [3.63, 3.8) is 0 Å². The number of aromatic nitrogens is 4. The van der Waals surface area contributed by atoms with Crippen molar-refractivity contribution in [1.82, 2.24) is 24.9 Å². The Morgan fingerprint density at radius 1 is 1.19 bits per heavy atom. The van der Waals surface area contributed by atoms with Gasteiger partial charge in [-0.2, -0.15) is 0 Å². The predicted octanol–water partition coefficient (Wildman–Crippen LogP) is 3.16. The van der Waals surface area contributed by atoms with E-state index in [2.05, 4.69) is 20.4 Å². The number of rotatable bonds is 7. The first-order valence-electron chi connectivity index (χ1n) is 9.30. The Labute approximate surface area is 186 Å². The van der Waals surface area contributed by atoms with Crippen LogP contribution in [-0.2, 0) is 11.3 Å². The van der Waals surface area contributed by atoms with Crippen molar-refractivity contribution in [2.75, 3.05) is 12.9 Å². The molecule has 8 nitrogen and oxygen atoms in total. The zero-order valence-corrected chi connectivity index (χ0v) is 18.0. The maximum atomic E-state index is 12.4. The van der Waals surface area contributed by atoms with Gasteiger partial charge in [-0.25, -0.2) is 14.5 Å². The van der Waals surface area contributed by atoms with E-state index in [1.165, 1.54) is 22.3 Å². The van der Waals surface area contributed by atoms with Crippen LogP contribution in [0.15, 0.2) is 64.5 Å². The van der Waals surface area contributed by atoms with Crippen LogP contribution in [-0.4, -0.2) is 38.4 Å². The summed E-state index contributed by atoms with van der Waals surface area (Å²) in [5.41, 5.74) is 1.72. The SMILES string of the molecule is COc1ccc(-c2nc(SCC(=O)NCc3ccccc3Cl)n3[nH]c(=O)cc3n2)cc1. The number of amides is 1. The molecule has 0 radical (unpaired) electrons. The Balaban J connectivity index is 1.52. The fourth-order valence-electron chi connectivity index (χ4n) is 2.87. The topological polar surface area (TPSA) is 101 Å². The van der Waals surface area contributed by atoms with Gasteiger partial charge in [0.25, 0.3) is 5.56 Å². The fourth-order valence-corrected chi connectivity index (χ4v) is 3.85. The molecule has 0 fully saturated rings. The lowest BCUT2D eigenvalue weighted by atomic mass is 10.2. The zero-order valence-electron chi connectivity index (χ0n) is 16.5. The highest BCUT2D eigenvalue weighted by atomic mass is 35.5. The van der Waals surface area contributed by atoms with Crippen molar-refractivity contribution in [2.45, 2.75) is 11.7 Å². The van der Waals surface area contributed by atoms with E-state index in [-0.39, 0.29) is 17.2 Å². The van der Waals surface area contributed by atoms with Crippen molar-refractivity contribution in [1.29, 1.82) is 0 Å². The van der Waals surface area contributed by atoms with Crippen LogP contribution in [0.4, 0.5) is 0 Å². The summed E-state index contributed by atoms with van der Waals surface area (Å²) < 4.78 is 6.66. The van der Waals surface area contributed by atoms with E-state index in [1.807, 2.05) is 30.3 Å². The highest BCUT2D eigenvalue weighted by Gasteiger charge is 2.13. The Morgan fingerprint density at radius 3 is 2.71 bits per heavy atom. The summed E-state index contributed by atoms with van der Waals surface area (Å²) in [6.07, 6.45) is 0. The summed E-state index contributed by atoms with van der Waals surface area (Å²) in [5.74, 6) is 1.09. The summed E-state index contributed by atoms with van der Waals surface area (Å²) >= 11 is 7.32. The predicted molar refractivity (Wildman–Crippen MR) is 120 cm³/mol. The van der Waals surface area contributed by atoms with Gasteiger partial charge in [0, 0.05) is 23.2 Å². The molecule has 31 heavy (non-hydrogen) atoms. The number of methoxy groups -OCH3 is 1. The van der Waals surface area contributed by atoms with E-state index >= 15 is 0 Å². The Hall–Kier alpha value is -3.30. The van der Waals surface area contributed by atoms with E-state index in [4.69, 9.17) is 16.3 Å². The van der Waals surface area contributed by atoms with E-state index in [1.54, 1.807) is 25.3 Å². The molecule has 0 aliphatic carbocycles. The maximum absolute atomic E-state index is 12.4. The normalized spacial score (nSPS) is 10.9. The van der Waals surface area contributed by atoms with Crippen LogP contribution >= 0.6 is 23.4 Å². The van der Waals surface area contributed by atoms with Crippen LogP contribution in [0.25, 0.3) is 17.0 Å². The van der Waals surface area contributed by atoms with Crippen LogP contribution in [0.1, 0.15) is 5.56 Å². The van der Waals surface area contributed by atoms with Crippen molar-refractivity contribution in [3.8, 4) is 17.1 Å². The first-order chi connectivity index (χ1) is 15.0. The number of hydrogen-bond acceptors (Lipinski definition) is 6. The summed E-state index contributed by atoms with van der Waals surface area (Å²) in [4.78, 5) is 33.2. The van der Waals surface area contributed by atoms with Crippen LogP contribution in [0.3, 0.4) is 0 Å². The Bertz CT molecular complexity index is 1290. The van der Waals surface area contributed by atoms with Crippen molar-refractivity contribution in [3.05, 3.63) is 75.5 Å². The van der Waals surface area contributed by atoms with E-state index in [9.17, 15) is 9.59 Å². The highest BCUT2D eigenvalue weighted by molar-refractivity contribution is 7.99. The van der Waals surface area contributed by atoms with Crippen molar-refractivity contribution in [2.24, 2.45) is 0 Å². The first kappa shape index (κ1) is 21.0. The third kappa shape index (κ3) is 4.89. The van der Waals surface area contributed by atoms with Gasteiger partial charge in [0.2, 0.25) is 5.91 Å². The van der Waals surface area contributed by atoms with Gasteiger partial charge in [-0.15, -0.1) is 0 Å². The minimum atomic E-state index is -0.300. The molecule has 10 heteroatoms. The molecule has 0 saturated carbocycles. The van der Waals surface area contributed by atoms with E-state index in [0.717, 1.165) is 11.1 Å². The number of halogens is 1. The van der Waals surface area contributed by atoms with Gasteiger partial charge in [-0.3, -0.25) is 14.7 Å². The molecule has 0 unspecified atom stereocenters. The molecular formula is C21H18ClN5O3S. The van der Waals surface area contributed by atoms with Crippen molar-refractivity contribution >= 4 is 34.9 Å². The van der Waals surface area contributed by atoms with Crippen molar-refractivity contribution < 1.29 is 9.53 Å². The Kier molecular flexibility index (Phi) is 6.24. The summed E-state index contributed by atoms with van der Waals surface area (Å²) in [7, 11) is 1.59.